The normalized spacial score (nSPS) is 22.7. The number of hydrogen-bond acceptors (Lipinski definition) is 6. The average Bonchev–Trinajstić information content (AvgIpc) is 2.84. The minimum absolute atomic E-state index is 0.0808. The summed E-state index contributed by atoms with van der Waals surface area (Å²) in [4.78, 5) is 51.5. The molecule has 38 heavy (non-hydrogen) atoms. The molecule has 2 aliphatic rings. The van der Waals surface area contributed by atoms with Gasteiger partial charge in [0.1, 0.15) is 24.7 Å². The lowest BCUT2D eigenvalue weighted by Gasteiger charge is -2.38. The number of carbonyl (C=O) groups is 4. The van der Waals surface area contributed by atoms with Gasteiger partial charge in [-0.2, -0.15) is 0 Å². The van der Waals surface area contributed by atoms with E-state index in [1.807, 2.05) is 0 Å². The van der Waals surface area contributed by atoms with Gasteiger partial charge in [-0.15, -0.1) is 6.58 Å². The second-order valence-electron chi connectivity index (χ2n) is 10.2. The van der Waals surface area contributed by atoms with Crippen LogP contribution in [0.4, 0.5) is 8.78 Å². The van der Waals surface area contributed by atoms with Crippen molar-refractivity contribution >= 4 is 58.5 Å². The van der Waals surface area contributed by atoms with Crippen molar-refractivity contribution in [3.63, 3.8) is 0 Å². The fourth-order valence-electron chi connectivity index (χ4n) is 4.37. The van der Waals surface area contributed by atoms with E-state index in [1.165, 1.54) is 18.0 Å². The number of ether oxygens (including phenoxy) is 1. The summed E-state index contributed by atoms with van der Waals surface area (Å²) in [5.41, 5.74) is 1.58. The summed E-state index contributed by atoms with van der Waals surface area (Å²) >= 11 is 16.8. The van der Waals surface area contributed by atoms with Crippen LogP contribution in [0.25, 0.3) is 0 Å². The second kappa shape index (κ2) is 13.1. The number of rotatable bonds is 9. The average molecular weight is 604 g/mol. The third-order valence-electron chi connectivity index (χ3n) is 6.80. The number of esters is 1. The fraction of sp³-hybridized carbons (Fsp3) is 0.750. The Bertz CT molecular complexity index is 906. The van der Waals surface area contributed by atoms with Crippen molar-refractivity contribution in [2.45, 2.75) is 87.1 Å². The largest absolute Gasteiger partial charge is 0.460 e. The number of hydrogen-bond donors (Lipinski definition) is 3. The summed E-state index contributed by atoms with van der Waals surface area (Å²) in [6.45, 7) is 8.40. The van der Waals surface area contributed by atoms with Crippen molar-refractivity contribution in [3.05, 3.63) is 12.7 Å². The van der Waals surface area contributed by atoms with E-state index in [2.05, 4.69) is 22.6 Å². The van der Waals surface area contributed by atoms with Gasteiger partial charge in [0.2, 0.25) is 21.5 Å². The highest BCUT2D eigenvalue weighted by atomic mass is 35.6. The Labute approximate surface area is 236 Å². The van der Waals surface area contributed by atoms with Crippen LogP contribution in [-0.2, 0) is 23.9 Å². The molecule has 3 atom stereocenters. The van der Waals surface area contributed by atoms with Gasteiger partial charge in [-0.1, -0.05) is 54.7 Å². The Morgan fingerprint density at radius 2 is 1.74 bits per heavy atom. The summed E-state index contributed by atoms with van der Waals surface area (Å²) in [6.07, 6.45) is 1.19. The van der Waals surface area contributed by atoms with Gasteiger partial charge in [0.25, 0.3) is 5.91 Å². The number of nitrogens with one attached hydrogen (secondary N) is 3. The maximum absolute atomic E-state index is 13.7. The molecule has 1 aliphatic heterocycles. The molecule has 0 aromatic carbocycles. The van der Waals surface area contributed by atoms with E-state index >= 15 is 0 Å². The van der Waals surface area contributed by atoms with E-state index in [9.17, 15) is 28.0 Å². The van der Waals surface area contributed by atoms with E-state index in [4.69, 9.17) is 39.5 Å². The highest BCUT2D eigenvalue weighted by Gasteiger charge is 2.47. The number of hydrazine groups is 1. The van der Waals surface area contributed by atoms with Crippen molar-refractivity contribution in [1.82, 2.24) is 21.1 Å². The summed E-state index contributed by atoms with van der Waals surface area (Å²) in [7, 11) is 0. The Kier molecular flexibility index (Phi) is 11.2. The molecular weight excluding hydrogens is 569 g/mol. The molecule has 2 fully saturated rings. The zero-order chi connectivity index (χ0) is 28.9. The predicted octanol–water partition coefficient (Wildman–Crippen LogP) is 3.42. The predicted molar refractivity (Wildman–Crippen MR) is 140 cm³/mol. The summed E-state index contributed by atoms with van der Waals surface area (Å²) in [5.74, 6) is -5.56. The van der Waals surface area contributed by atoms with Gasteiger partial charge in [-0.05, 0) is 38.5 Å². The minimum Gasteiger partial charge on any atom is -0.460 e. The van der Waals surface area contributed by atoms with E-state index in [1.54, 1.807) is 13.8 Å². The van der Waals surface area contributed by atoms with Gasteiger partial charge in [0.15, 0.2) is 0 Å². The number of nitrogens with zero attached hydrogens (tertiary/aromatic N) is 1. The zero-order valence-corrected chi connectivity index (χ0v) is 23.9. The Hall–Kier alpha value is -1.69. The van der Waals surface area contributed by atoms with Crippen LogP contribution in [0.2, 0.25) is 0 Å². The SMILES string of the molecule is C=CC1(C(=O)NC(C(=O)NC(C)C(=O)N2CCCC(C(=O)OCC(Cl)(Cl)Cl)N2)C(C)C)CCC(F)(F)CC1. The Morgan fingerprint density at radius 3 is 2.26 bits per heavy atom. The van der Waals surface area contributed by atoms with Gasteiger partial charge in [0.05, 0.1) is 5.41 Å². The first-order valence-corrected chi connectivity index (χ1v) is 13.6. The topological polar surface area (TPSA) is 117 Å². The molecule has 3 unspecified atom stereocenters. The van der Waals surface area contributed by atoms with Crippen molar-refractivity contribution in [3.8, 4) is 0 Å². The maximum Gasteiger partial charge on any atom is 0.325 e. The monoisotopic (exact) mass is 602 g/mol. The molecule has 216 valence electrons. The van der Waals surface area contributed by atoms with Gasteiger partial charge in [-0.25, -0.2) is 14.2 Å². The lowest BCUT2D eigenvalue weighted by Crippen LogP contribution is -2.61. The molecule has 1 saturated carbocycles. The van der Waals surface area contributed by atoms with Crippen molar-refractivity contribution < 1.29 is 32.7 Å². The van der Waals surface area contributed by atoms with Crippen LogP contribution in [0.15, 0.2) is 12.7 Å². The van der Waals surface area contributed by atoms with Gasteiger partial charge in [-0.3, -0.25) is 24.2 Å². The highest BCUT2D eigenvalue weighted by Crippen LogP contribution is 2.44. The Balaban J connectivity index is 1.99. The lowest BCUT2D eigenvalue weighted by molar-refractivity contribution is -0.152. The number of alkyl halides is 5. The van der Waals surface area contributed by atoms with Crippen LogP contribution in [0.3, 0.4) is 0 Å². The van der Waals surface area contributed by atoms with Crippen LogP contribution in [0, 0.1) is 11.3 Å². The molecule has 14 heteroatoms. The zero-order valence-electron chi connectivity index (χ0n) is 21.6. The van der Waals surface area contributed by atoms with Crippen molar-refractivity contribution in [2.24, 2.45) is 11.3 Å². The number of amides is 3. The van der Waals surface area contributed by atoms with Gasteiger partial charge in [0, 0.05) is 19.4 Å². The first-order valence-electron chi connectivity index (χ1n) is 12.4. The quantitative estimate of drug-likeness (QED) is 0.211. The lowest BCUT2D eigenvalue weighted by atomic mass is 9.72. The molecule has 0 bridgehead atoms. The molecule has 2 rings (SSSR count). The van der Waals surface area contributed by atoms with E-state index in [0.717, 1.165) is 0 Å². The molecule has 0 aromatic heterocycles. The summed E-state index contributed by atoms with van der Waals surface area (Å²) in [6, 6.07) is -2.87. The van der Waals surface area contributed by atoms with Crippen LogP contribution in [0.1, 0.15) is 59.3 Å². The number of halogens is 5. The smallest absolute Gasteiger partial charge is 0.325 e. The third kappa shape index (κ3) is 8.93. The summed E-state index contributed by atoms with van der Waals surface area (Å²) in [5, 5.41) is 6.49. The standard InChI is InChI=1S/C24H35Cl3F2N4O5/c1-5-22(8-10-23(28,29)11-9-22)21(37)31-17(14(2)3)18(34)30-15(4)19(35)33-12-6-7-16(32-33)20(36)38-13-24(25,26)27/h5,14-17,32H,1,6-13H2,2-4H3,(H,30,34)(H,31,37). The molecule has 3 amide bonds. The second-order valence-corrected chi connectivity index (χ2v) is 12.7. The highest BCUT2D eigenvalue weighted by molar-refractivity contribution is 6.67. The molecule has 3 N–H and O–H groups in total. The molecule has 0 aromatic rings. The molecule has 1 heterocycles. The van der Waals surface area contributed by atoms with Gasteiger partial charge >= 0.3 is 5.97 Å². The maximum atomic E-state index is 13.7. The molecule has 1 aliphatic carbocycles. The molecular formula is C24H35Cl3F2N4O5. The van der Waals surface area contributed by atoms with Crippen LogP contribution in [-0.4, -0.2) is 69.7 Å². The first-order chi connectivity index (χ1) is 17.5. The molecule has 0 radical (unpaired) electrons. The third-order valence-corrected chi connectivity index (χ3v) is 7.12. The first kappa shape index (κ1) is 32.5. The van der Waals surface area contributed by atoms with Crippen LogP contribution >= 0.6 is 34.8 Å². The van der Waals surface area contributed by atoms with E-state index in [0.29, 0.717) is 12.8 Å². The van der Waals surface area contributed by atoms with Crippen LogP contribution in [0.5, 0.6) is 0 Å². The summed E-state index contributed by atoms with van der Waals surface area (Å²) < 4.78 is 30.6. The van der Waals surface area contributed by atoms with Gasteiger partial charge < -0.3 is 15.4 Å². The number of carbonyl (C=O) groups excluding carboxylic acids is 4. The fourth-order valence-corrected chi connectivity index (χ4v) is 4.54. The Morgan fingerprint density at radius 1 is 1.13 bits per heavy atom. The molecule has 1 saturated heterocycles. The minimum atomic E-state index is -2.83. The van der Waals surface area contributed by atoms with E-state index in [-0.39, 0.29) is 25.3 Å². The van der Waals surface area contributed by atoms with E-state index < -0.39 is 76.4 Å². The van der Waals surface area contributed by atoms with Crippen molar-refractivity contribution in [1.29, 1.82) is 0 Å². The van der Waals surface area contributed by atoms with Crippen molar-refractivity contribution in [2.75, 3.05) is 13.2 Å². The molecule has 0 spiro atoms. The molecule has 9 nitrogen and oxygen atoms in total. The van der Waals surface area contributed by atoms with Crippen LogP contribution < -0.4 is 16.1 Å².